The highest BCUT2D eigenvalue weighted by Gasteiger charge is 2.09. The predicted molar refractivity (Wildman–Crippen MR) is 146 cm³/mol. The number of ether oxygens (including phenoxy) is 1. The van der Waals surface area contributed by atoms with Gasteiger partial charge in [0.1, 0.15) is 13.1 Å². The van der Waals surface area contributed by atoms with Gasteiger partial charge in [0.25, 0.3) is 0 Å². The summed E-state index contributed by atoms with van der Waals surface area (Å²) in [4.78, 5) is 19.8. The van der Waals surface area contributed by atoms with Crippen molar-refractivity contribution < 1.29 is 38.6 Å². The van der Waals surface area contributed by atoms with E-state index in [0.29, 0.717) is 0 Å². The van der Waals surface area contributed by atoms with Gasteiger partial charge in [-0.2, -0.15) is 0 Å². The molecule has 8 heteroatoms. The Balaban J connectivity index is -0.000000191. The number of unbranched alkanes of at least 4 members (excludes halogenated alkanes) is 7. The van der Waals surface area contributed by atoms with Crippen LogP contribution in [0.1, 0.15) is 98.3 Å². The van der Waals surface area contributed by atoms with Gasteiger partial charge in [-0.25, -0.2) is 0 Å². The topological polar surface area (TPSA) is 110 Å². The molecule has 0 aliphatic rings. The second kappa shape index (κ2) is 30.0. The molecule has 0 saturated heterocycles. The summed E-state index contributed by atoms with van der Waals surface area (Å²) in [5.74, 6) is -1.84. The Labute approximate surface area is 223 Å². The van der Waals surface area contributed by atoms with Crippen LogP contribution in [0.25, 0.3) is 0 Å². The van der Waals surface area contributed by atoms with Crippen molar-refractivity contribution in [3.63, 3.8) is 0 Å². The number of carboxylic acid groups (broad SMARTS) is 2. The monoisotopic (exact) mass is 522 g/mol. The van der Waals surface area contributed by atoms with Crippen LogP contribution in [0.15, 0.2) is 0 Å². The Morgan fingerprint density at radius 2 is 1.11 bits per heavy atom. The maximum atomic E-state index is 9.92. The molecule has 36 heavy (non-hydrogen) atoms. The SMILES string of the molecule is CCCCCCC(=O)[O-].CCCCCCCC(=O)[O-].CCOCC[N+](C)(C)CC.C[N+](C)(C)CCO. The lowest BCUT2D eigenvalue weighted by molar-refractivity contribution is -0.888. The Morgan fingerprint density at radius 1 is 0.694 bits per heavy atom. The quantitative estimate of drug-likeness (QED) is 0.219. The molecule has 0 aromatic heterocycles. The van der Waals surface area contributed by atoms with Crippen molar-refractivity contribution in [2.75, 3.05) is 74.7 Å². The van der Waals surface area contributed by atoms with Gasteiger partial charge in [0.05, 0.1) is 55.0 Å². The standard InChI is InChI=1S/C8H20NO.C8H16O2.C7H14O2.C5H14NO/c1-5-9(3,4)7-8-10-6-2;1-2-3-4-5-6-7-8(9)10;1-2-3-4-5-6-7(8)9;1-6(2,3)4-5-7/h5-8H2,1-4H3;2-7H2,1H3,(H,9,10);2-6H2,1H3,(H,8,9);7H,4-5H2,1-3H3/q+1;;;+1/p-2. The molecule has 0 radical (unpaired) electrons. The number of nitrogens with zero attached hydrogens (tertiary/aromatic N) is 2. The van der Waals surface area contributed by atoms with E-state index in [1.807, 2.05) is 6.92 Å². The van der Waals surface area contributed by atoms with Crippen molar-refractivity contribution in [2.45, 2.75) is 98.3 Å². The van der Waals surface area contributed by atoms with E-state index < -0.39 is 11.9 Å². The molecule has 0 fully saturated rings. The summed E-state index contributed by atoms with van der Waals surface area (Å²) in [5, 5.41) is 28.2. The molecule has 0 atom stereocenters. The van der Waals surface area contributed by atoms with Crippen LogP contribution in [0, 0.1) is 0 Å². The van der Waals surface area contributed by atoms with E-state index >= 15 is 0 Å². The Kier molecular flexibility index (Phi) is 34.9. The zero-order valence-corrected chi connectivity index (χ0v) is 25.4. The van der Waals surface area contributed by atoms with Gasteiger partial charge in [0, 0.05) is 18.5 Å². The molecule has 0 rings (SSSR count). The number of carboxylic acids is 2. The predicted octanol–water partition coefficient (Wildman–Crippen LogP) is 2.61. The molecule has 0 aromatic carbocycles. The lowest BCUT2D eigenvalue weighted by Gasteiger charge is -2.27. The molecule has 0 bridgehead atoms. The first kappa shape index (κ1) is 41.9. The summed E-state index contributed by atoms with van der Waals surface area (Å²) in [6.07, 6.45) is 9.90. The van der Waals surface area contributed by atoms with E-state index in [1.54, 1.807) is 0 Å². The maximum Gasteiger partial charge on any atom is 0.102 e. The normalized spacial score (nSPS) is 10.7. The molecular formula is C28H62N2O6. The van der Waals surface area contributed by atoms with Gasteiger partial charge in [0.15, 0.2) is 0 Å². The van der Waals surface area contributed by atoms with Crippen molar-refractivity contribution in [2.24, 2.45) is 0 Å². The summed E-state index contributed by atoms with van der Waals surface area (Å²) in [5.41, 5.74) is 0. The maximum absolute atomic E-state index is 9.92. The van der Waals surface area contributed by atoms with Gasteiger partial charge < -0.3 is 38.6 Å². The second-order valence-electron chi connectivity index (χ2n) is 10.6. The molecule has 0 unspecified atom stereocenters. The number of aliphatic hydroxyl groups is 1. The average molecular weight is 523 g/mol. The number of quaternary nitrogens is 2. The number of rotatable bonds is 18. The summed E-state index contributed by atoms with van der Waals surface area (Å²) >= 11 is 0. The van der Waals surface area contributed by atoms with Gasteiger partial charge in [-0.15, -0.1) is 0 Å². The largest absolute Gasteiger partial charge is 0.550 e. The highest BCUT2D eigenvalue weighted by molar-refractivity contribution is 5.64. The molecule has 0 saturated carbocycles. The number of hydrogen-bond donors (Lipinski definition) is 1. The minimum absolute atomic E-state index is 0.222. The van der Waals surface area contributed by atoms with Crippen molar-refractivity contribution >= 4 is 11.9 Å². The molecule has 0 aliphatic carbocycles. The third-order valence-electron chi connectivity index (χ3n) is 5.39. The Bertz CT molecular complexity index is 465. The van der Waals surface area contributed by atoms with Crippen molar-refractivity contribution in [1.29, 1.82) is 0 Å². The van der Waals surface area contributed by atoms with E-state index in [4.69, 9.17) is 9.84 Å². The number of likely N-dealkylation sites (N-methyl/N-ethyl adjacent to an activating group) is 2. The molecule has 0 heterocycles. The number of aliphatic hydroxyl groups excluding tert-OH is 1. The van der Waals surface area contributed by atoms with E-state index in [0.717, 1.165) is 80.2 Å². The molecule has 0 spiro atoms. The summed E-state index contributed by atoms with van der Waals surface area (Å²) in [6, 6.07) is 0. The average Bonchev–Trinajstić information content (AvgIpc) is 2.77. The van der Waals surface area contributed by atoms with Gasteiger partial charge in [-0.1, -0.05) is 58.8 Å². The fourth-order valence-corrected chi connectivity index (χ4v) is 2.48. The van der Waals surface area contributed by atoms with Crippen LogP contribution in [0.4, 0.5) is 0 Å². The second-order valence-corrected chi connectivity index (χ2v) is 10.6. The lowest BCUT2D eigenvalue weighted by atomic mass is 10.1. The lowest BCUT2D eigenvalue weighted by Crippen LogP contribution is -2.41. The fraction of sp³-hybridized carbons (Fsp3) is 0.929. The van der Waals surface area contributed by atoms with E-state index in [2.05, 4.69) is 56.0 Å². The third-order valence-corrected chi connectivity index (χ3v) is 5.39. The summed E-state index contributed by atoms with van der Waals surface area (Å²) in [7, 11) is 10.6. The zero-order valence-electron chi connectivity index (χ0n) is 25.4. The fourth-order valence-electron chi connectivity index (χ4n) is 2.48. The number of hydrogen-bond acceptors (Lipinski definition) is 6. The van der Waals surface area contributed by atoms with Gasteiger partial charge in [0.2, 0.25) is 0 Å². The zero-order chi connectivity index (χ0) is 28.9. The molecule has 220 valence electrons. The van der Waals surface area contributed by atoms with E-state index in [-0.39, 0.29) is 19.4 Å². The molecule has 0 amide bonds. The third kappa shape index (κ3) is 53.9. The first-order valence-corrected chi connectivity index (χ1v) is 13.9. The van der Waals surface area contributed by atoms with Crippen LogP contribution >= 0.6 is 0 Å². The van der Waals surface area contributed by atoms with Crippen LogP contribution < -0.4 is 10.2 Å². The van der Waals surface area contributed by atoms with Gasteiger partial charge in [-0.3, -0.25) is 0 Å². The molecule has 8 nitrogen and oxygen atoms in total. The minimum atomic E-state index is -0.925. The molecule has 0 aromatic rings. The Morgan fingerprint density at radius 3 is 1.39 bits per heavy atom. The van der Waals surface area contributed by atoms with Crippen molar-refractivity contribution in [3.05, 3.63) is 0 Å². The van der Waals surface area contributed by atoms with E-state index in [1.165, 1.54) is 19.4 Å². The van der Waals surface area contributed by atoms with Crippen molar-refractivity contribution in [1.82, 2.24) is 0 Å². The first-order valence-electron chi connectivity index (χ1n) is 13.9. The van der Waals surface area contributed by atoms with Crippen LogP contribution in [-0.4, -0.2) is 101 Å². The molecular weight excluding hydrogens is 460 g/mol. The number of aliphatic carboxylic acids is 2. The minimum Gasteiger partial charge on any atom is -0.550 e. The van der Waals surface area contributed by atoms with Crippen LogP contribution in [-0.2, 0) is 14.3 Å². The highest BCUT2D eigenvalue weighted by Crippen LogP contribution is 2.03. The Hall–Kier alpha value is -1.22. The summed E-state index contributed by atoms with van der Waals surface area (Å²) in [6.45, 7) is 13.6. The highest BCUT2D eigenvalue weighted by atomic mass is 16.5. The molecule has 0 aliphatic heterocycles. The first-order chi connectivity index (χ1) is 16.7. The van der Waals surface area contributed by atoms with Crippen LogP contribution in [0.5, 0.6) is 0 Å². The van der Waals surface area contributed by atoms with Crippen LogP contribution in [0.3, 0.4) is 0 Å². The van der Waals surface area contributed by atoms with Gasteiger partial charge in [-0.05, 0) is 39.5 Å². The van der Waals surface area contributed by atoms with Gasteiger partial charge >= 0.3 is 0 Å². The van der Waals surface area contributed by atoms with E-state index in [9.17, 15) is 19.8 Å². The smallest absolute Gasteiger partial charge is 0.102 e. The number of carbonyl (C=O) groups excluding carboxylic acids is 2. The molecule has 1 N–H and O–H groups in total. The summed E-state index contributed by atoms with van der Waals surface area (Å²) < 4.78 is 7.15. The number of carbonyl (C=O) groups is 2. The van der Waals surface area contributed by atoms with Crippen LogP contribution in [0.2, 0.25) is 0 Å². The van der Waals surface area contributed by atoms with Crippen molar-refractivity contribution in [3.8, 4) is 0 Å².